The second-order valence-corrected chi connectivity index (χ2v) is 4.14. The molecule has 100 valence electrons. The minimum absolute atomic E-state index is 0.317. The van der Waals surface area contributed by atoms with Crippen molar-refractivity contribution in [2.45, 2.75) is 6.92 Å². The quantitative estimate of drug-likeness (QED) is 0.783. The van der Waals surface area contributed by atoms with E-state index >= 15 is 0 Å². The van der Waals surface area contributed by atoms with Crippen LogP contribution >= 0.6 is 0 Å². The van der Waals surface area contributed by atoms with Gasteiger partial charge in [-0.1, -0.05) is 28.6 Å². The number of hydrogen-bond acceptors (Lipinski definition) is 5. The van der Waals surface area contributed by atoms with Crippen LogP contribution in [-0.4, -0.2) is 26.1 Å². The summed E-state index contributed by atoms with van der Waals surface area (Å²) in [4.78, 5) is 12.2. The Balaban J connectivity index is 1.88. The van der Waals surface area contributed by atoms with Crippen molar-refractivity contribution < 1.29 is 9.32 Å². The zero-order valence-electron chi connectivity index (χ0n) is 10.6. The first kappa shape index (κ1) is 12.1. The molecule has 7 heteroatoms. The van der Waals surface area contributed by atoms with Crippen LogP contribution in [0.3, 0.4) is 0 Å². The van der Waals surface area contributed by atoms with Crippen molar-refractivity contribution in [1.29, 1.82) is 0 Å². The molecule has 0 bridgehead atoms. The monoisotopic (exact) mass is 269 g/mol. The highest BCUT2D eigenvalue weighted by Crippen LogP contribution is 2.12. The van der Waals surface area contributed by atoms with Crippen LogP contribution in [0, 0.1) is 6.92 Å². The van der Waals surface area contributed by atoms with E-state index in [0.29, 0.717) is 17.3 Å². The molecule has 0 aliphatic carbocycles. The molecule has 2 aromatic heterocycles. The number of amides is 1. The molecule has 0 spiro atoms. The summed E-state index contributed by atoms with van der Waals surface area (Å²) in [6.45, 7) is 1.75. The van der Waals surface area contributed by atoms with E-state index in [9.17, 15) is 4.79 Å². The molecule has 0 saturated heterocycles. The average Bonchev–Trinajstić information content (AvgIpc) is 3.09. The predicted molar refractivity (Wildman–Crippen MR) is 70.6 cm³/mol. The van der Waals surface area contributed by atoms with Gasteiger partial charge in [0.1, 0.15) is 5.76 Å². The molecule has 1 N–H and O–H groups in total. The van der Waals surface area contributed by atoms with Crippen molar-refractivity contribution in [2.75, 3.05) is 5.32 Å². The molecule has 0 fully saturated rings. The fraction of sp³-hybridized carbons (Fsp3) is 0.0769. The molecule has 1 aromatic carbocycles. The summed E-state index contributed by atoms with van der Waals surface area (Å²) in [5.74, 6) is 0.621. The number of nitrogens with one attached hydrogen (secondary N) is 1. The van der Waals surface area contributed by atoms with Crippen LogP contribution in [0.25, 0.3) is 5.69 Å². The highest BCUT2D eigenvalue weighted by Gasteiger charge is 2.15. The molecule has 0 unspecified atom stereocenters. The van der Waals surface area contributed by atoms with E-state index in [1.54, 1.807) is 13.0 Å². The van der Waals surface area contributed by atoms with Gasteiger partial charge >= 0.3 is 0 Å². The molecular weight excluding hydrogens is 258 g/mol. The zero-order chi connectivity index (χ0) is 13.9. The van der Waals surface area contributed by atoms with E-state index in [1.807, 2.05) is 30.3 Å². The summed E-state index contributed by atoms with van der Waals surface area (Å²) >= 11 is 0. The van der Waals surface area contributed by atoms with Crippen molar-refractivity contribution >= 4 is 11.7 Å². The van der Waals surface area contributed by atoms with Crippen LogP contribution in [-0.2, 0) is 0 Å². The summed E-state index contributed by atoms with van der Waals surface area (Å²) in [5, 5.41) is 14.0. The Hall–Kier alpha value is -2.96. The van der Waals surface area contributed by atoms with Crippen molar-refractivity contribution in [1.82, 2.24) is 20.2 Å². The van der Waals surface area contributed by atoms with Crippen LogP contribution < -0.4 is 5.32 Å². The van der Waals surface area contributed by atoms with Gasteiger partial charge in [-0.15, -0.1) is 5.10 Å². The fourth-order valence-corrected chi connectivity index (χ4v) is 1.76. The summed E-state index contributed by atoms with van der Waals surface area (Å²) in [6, 6.07) is 10.9. The number of carbonyl (C=O) groups is 1. The highest BCUT2D eigenvalue weighted by atomic mass is 16.5. The third-order valence-corrected chi connectivity index (χ3v) is 2.65. The maximum absolute atomic E-state index is 12.2. The normalized spacial score (nSPS) is 10.4. The maximum Gasteiger partial charge on any atom is 0.277 e. The lowest BCUT2D eigenvalue weighted by Crippen LogP contribution is -2.17. The molecule has 2 heterocycles. The average molecular weight is 269 g/mol. The molecule has 0 saturated carbocycles. The number of aryl methyl sites for hydroxylation is 1. The van der Waals surface area contributed by atoms with Gasteiger partial charge in [0.15, 0.2) is 11.5 Å². The first-order valence-corrected chi connectivity index (χ1v) is 5.95. The van der Waals surface area contributed by atoms with Gasteiger partial charge in [0.2, 0.25) is 0 Å². The maximum atomic E-state index is 12.2. The topological polar surface area (TPSA) is 85.8 Å². The number of para-hydroxylation sites is 1. The molecule has 3 aromatic rings. The van der Waals surface area contributed by atoms with Crippen LogP contribution in [0.2, 0.25) is 0 Å². The first-order valence-electron chi connectivity index (χ1n) is 5.95. The number of nitrogens with zero attached hydrogens (tertiary/aromatic N) is 4. The Bertz CT molecular complexity index is 732. The van der Waals surface area contributed by atoms with Gasteiger partial charge in [-0.3, -0.25) is 4.79 Å². The first-order chi connectivity index (χ1) is 9.74. The van der Waals surface area contributed by atoms with E-state index < -0.39 is 0 Å². The number of rotatable bonds is 3. The van der Waals surface area contributed by atoms with Gasteiger partial charge in [-0.25, -0.2) is 4.68 Å². The fourth-order valence-electron chi connectivity index (χ4n) is 1.76. The van der Waals surface area contributed by atoms with Crippen LogP contribution in [0.5, 0.6) is 0 Å². The molecule has 20 heavy (non-hydrogen) atoms. The summed E-state index contributed by atoms with van der Waals surface area (Å²) < 4.78 is 6.36. The van der Waals surface area contributed by atoms with Crippen molar-refractivity contribution in [3.8, 4) is 5.69 Å². The number of benzene rings is 1. The van der Waals surface area contributed by atoms with Crippen LogP contribution in [0.4, 0.5) is 5.82 Å². The standard InChI is InChI=1S/C13H11N5O2/c1-9-7-12(16-20-9)15-13(19)11-8-14-17-18(11)10-5-3-2-4-6-10/h2-8H,1H3,(H,15,16,19). The molecule has 0 radical (unpaired) electrons. The lowest BCUT2D eigenvalue weighted by Gasteiger charge is -2.05. The van der Waals surface area contributed by atoms with Crippen molar-refractivity contribution in [3.05, 3.63) is 54.0 Å². The Morgan fingerprint density at radius 1 is 1.30 bits per heavy atom. The van der Waals surface area contributed by atoms with E-state index in [4.69, 9.17) is 4.52 Å². The van der Waals surface area contributed by atoms with Crippen LogP contribution in [0.15, 0.2) is 47.1 Å². The van der Waals surface area contributed by atoms with Crippen molar-refractivity contribution in [2.24, 2.45) is 0 Å². The zero-order valence-corrected chi connectivity index (χ0v) is 10.6. The summed E-state index contributed by atoms with van der Waals surface area (Å²) in [6.07, 6.45) is 1.40. The Kier molecular flexibility index (Phi) is 3.00. The second kappa shape index (κ2) is 4.96. The molecule has 0 atom stereocenters. The van der Waals surface area contributed by atoms with Crippen molar-refractivity contribution in [3.63, 3.8) is 0 Å². The third kappa shape index (κ3) is 2.28. The summed E-state index contributed by atoms with van der Waals surface area (Å²) in [7, 11) is 0. The largest absolute Gasteiger partial charge is 0.360 e. The van der Waals surface area contributed by atoms with Crippen LogP contribution in [0.1, 0.15) is 16.2 Å². The summed E-state index contributed by atoms with van der Waals surface area (Å²) in [5.41, 5.74) is 1.07. The number of anilines is 1. The molecule has 0 aliphatic heterocycles. The Labute approximate surface area is 114 Å². The Morgan fingerprint density at radius 3 is 2.80 bits per heavy atom. The molecular formula is C13H11N5O2. The van der Waals surface area contributed by atoms with Gasteiger partial charge < -0.3 is 9.84 Å². The Morgan fingerprint density at radius 2 is 2.10 bits per heavy atom. The van der Waals surface area contributed by atoms with E-state index in [0.717, 1.165) is 5.69 Å². The minimum Gasteiger partial charge on any atom is -0.360 e. The molecule has 3 rings (SSSR count). The number of aromatic nitrogens is 4. The van der Waals surface area contributed by atoms with Gasteiger partial charge in [0, 0.05) is 6.07 Å². The van der Waals surface area contributed by atoms with Gasteiger partial charge in [-0.05, 0) is 19.1 Å². The van der Waals surface area contributed by atoms with Gasteiger partial charge in [0.05, 0.1) is 11.9 Å². The molecule has 7 nitrogen and oxygen atoms in total. The lowest BCUT2D eigenvalue weighted by atomic mass is 10.3. The number of carbonyl (C=O) groups excluding carboxylic acids is 1. The van der Waals surface area contributed by atoms with E-state index in [1.165, 1.54) is 10.9 Å². The minimum atomic E-state index is -0.354. The third-order valence-electron chi connectivity index (χ3n) is 2.65. The number of hydrogen-bond donors (Lipinski definition) is 1. The van der Waals surface area contributed by atoms with E-state index in [-0.39, 0.29) is 5.91 Å². The van der Waals surface area contributed by atoms with E-state index in [2.05, 4.69) is 20.8 Å². The smallest absolute Gasteiger partial charge is 0.277 e. The second-order valence-electron chi connectivity index (χ2n) is 4.14. The SMILES string of the molecule is Cc1cc(NC(=O)c2cnnn2-c2ccccc2)no1. The molecule has 0 aliphatic rings. The van der Waals surface area contributed by atoms with Gasteiger partial charge in [0.25, 0.3) is 5.91 Å². The highest BCUT2D eigenvalue weighted by molar-refractivity contribution is 6.02. The lowest BCUT2D eigenvalue weighted by molar-refractivity contribution is 0.101. The predicted octanol–water partition coefficient (Wildman–Crippen LogP) is 1.82. The van der Waals surface area contributed by atoms with Gasteiger partial charge in [-0.2, -0.15) is 0 Å². The molecule has 1 amide bonds.